The number of hydrogen-bond acceptors (Lipinski definition) is 5. The van der Waals surface area contributed by atoms with Gasteiger partial charge in [-0.1, -0.05) is 36.4 Å². The Morgan fingerprint density at radius 2 is 1.79 bits per heavy atom. The zero-order valence-electron chi connectivity index (χ0n) is 16.5. The maximum Gasteiger partial charge on any atom is 0.337 e. The quantitative estimate of drug-likeness (QED) is 0.615. The van der Waals surface area contributed by atoms with Crippen LogP contribution in [0.3, 0.4) is 0 Å². The van der Waals surface area contributed by atoms with Gasteiger partial charge >= 0.3 is 5.97 Å². The maximum atomic E-state index is 12.5. The highest BCUT2D eigenvalue weighted by atomic mass is 16.5. The van der Waals surface area contributed by atoms with Gasteiger partial charge in [0.2, 0.25) is 0 Å². The Morgan fingerprint density at radius 3 is 2.45 bits per heavy atom. The van der Waals surface area contributed by atoms with Crippen LogP contribution in [0.4, 0.5) is 11.5 Å². The molecule has 0 bridgehead atoms. The second-order valence-corrected chi connectivity index (χ2v) is 6.43. The molecule has 0 unspecified atom stereocenters. The van der Waals surface area contributed by atoms with Crippen LogP contribution in [0.25, 0.3) is 0 Å². The van der Waals surface area contributed by atoms with E-state index in [-0.39, 0.29) is 5.91 Å². The Morgan fingerprint density at radius 1 is 1.00 bits per heavy atom. The Kier molecular flexibility index (Phi) is 6.58. The number of benzene rings is 2. The van der Waals surface area contributed by atoms with Crippen molar-refractivity contribution in [2.45, 2.75) is 13.5 Å². The minimum atomic E-state index is -0.454. The van der Waals surface area contributed by atoms with Crippen molar-refractivity contribution in [2.24, 2.45) is 0 Å². The fourth-order valence-corrected chi connectivity index (χ4v) is 2.91. The SMILES string of the molecule is CCN(Cc1ccccc1)c1ccc(C(=O)Nc2cccc(C(=O)OC)c2)cn1. The molecule has 0 fully saturated rings. The van der Waals surface area contributed by atoms with Gasteiger partial charge in [-0.25, -0.2) is 9.78 Å². The standard InChI is InChI=1S/C23H23N3O3/c1-3-26(16-17-8-5-4-6-9-17)21-13-12-19(15-24-21)22(27)25-20-11-7-10-18(14-20)23(28)29-2/h4-15H,3,16H2,1-2H3,(H,25,27). The predicted molar refractivity (Wildman–Crippen MR) is 113 cm³/mol. The Balaban J connectivity index is 1.69. The van der Waals surface area contributed by atoms with Crippen molar-refractivity contribution in [3.05, 3.63) is 89.6 Å². The van der Waals surface area contributed by atoms with Crippen LogP contribution >= 0.6 is 0 Å². The van der Waals surface area contributed by atoms with Gasteiger partial charge in [0.1, 0.15) is 5.82 Å². The van der Waals surface area contributed by atoms with Gasteiger partial charge in [-0.3, -0.25) is 4.79 Å². The van der Waals surface area contributed by atoms with E-state index in [1.54, 1.807) is 36.5 Å². The third kappa shape index (κ3) is 5.19. The monoisotopic (exact) mass is 389 g/mol. The molecule has 148 valence electrons. The van der Waals surface area contributed by atoms with Gasteiger partial charge < -0.3 is 15.0 Å². The van der Waals surface area contributed by atoms with Gasteiger partial charge in [0.05, 0.1) is 18.2 Å². The van der Waals surface area contributed by atoms with E-state index >= 15 is 0 Å². The number of pyridine rings is 1. The second kappa shape index (κ2) is 9.50. The molecule has 2 aromatic carbocycles. The number of rotatable bonds is 7. The third-order valence-corrected chi connectivity index (χ3v) is 4.47. The van der Waals surface area contributed by atoms with E-state index in [4.69, 9.17) is 4.74 Å². The third-order valence-electron chi connectivity index (χ3n) is 4.47. The van der Waals surface area contributed by atoms with Gasteiger partial charge in [0.25, 0.3) is 5.91 Å². The van der Waals surface area contributed by atoms with E-state index in [1.165, 1.54) is 12.7 Å². The van der Waals surface area contributed by atoms with Crippen molar-refractivity contribution < 1.29 is 14.3 Å². The average Bonchev–Trinajstić information content (AvgIpc) is 2.78. The average molecular weight is 389 g/mol. The summed E-state index contributed by atoms with van der Waals surface area (Å²) in [5, 5.41) is 2.78. The van der Waals surface area contributed by atoms with Crippen LogP contribution in [0.2, 0.25) is 0 Å². The molecule has 0 atom stereocenters. The highest BCUT2D eigenvalue weighted by Crippen LogP contribution is 2.17. The van der Waals surface area contributed by atoms with Crippen molar-refractivity contribution in [1.82, 2.24) is 4.98 Å². The van der Waals surface area contributed by atoms with Crippen molar-refractivity contribution in [2.75, 3.05) is 23.9 Å². The maximum absolute atomic E-state index is 12.5. The van der Waals surface area contributed by atoms with E-state index in [9.17, 15) is 9.59 Å². The van der Waals surface area contributed by atoms with E-state index in [1.807, 2.05) is 24.3 Å². The minimum absolute atomic E-state index is 0.294. The number of nitrogens with zero attached hydrogens (tertiary/aromatic N) is 2. The molecule has 0 aliphatic rings. The van der Waals surface area contributed by atoms with Crippen LogP contribution in [-0.2, 0) is 11.3 Å². The molecule has 1 amide bonds. The molecule has 1 aromatic heterocycles. The molecule has 6 nitrogen and oxygen atoms in total. The first-order valence-electron chi connectivity index (χ1n) is 9.35. The van der Waals surface area contributed by atoms with E-state index in [2.05, 4.69) is 34.3 Å². The summed E-state index contributed by atoms with van der Waals surface area (Å²) in [6.07, 6.45) is 1.56. The number of methoxy groups -OCH3 is 1. The summed E-state index contributed by atoms with van der Waals surface area (Å²) in [6, 6.07) is 20.4. The lowest BCUT2D eigenvalue weighted by molar-refractivity contribution is 0.0600. The molecule has 1 N–H and O–H groups in total. The molecule has 3 aromatic rings. The van der Waals surface area contributed by atoms with Gasteiger partial charge in [0, 0.05) is 25.0 Å². The number of anilines is 2. The summed E-state index contributed by atoms with van der Waals surface area (Å²) in [5.74, 6) is 0.0583. The van der Waals surface area contributed by atoms with Crippen molar-refractivity contribution >= 4 is 23.4 Å². The topological polar surface area (TPSA) is 71.5 Å². The number of carbonyl (C=O) groups is 2. The largest absolute Gasteiger partial charge is 0.465 e. The predicted octanol–water partition coefficient (Wildman–Crippen LogP) is 4.15. The first-order chi connectivity index (χ1) is 14.1. The number of amides is 1. The number of nitrogens with one attached hydrogen (secondary N) is 1. The lowest BCUT2D eigenvalue weighted by Crippen LogP contribution is -2.23. The molecule has 3 rings (SSSR count). The minimum Gasteiger partial charge on any atom is -0.465 e. The van der Waals surface area contributed by atoms with E-state index < -0.39 is 5.97 Å². The van der Waals surface area contributed by atoms with Crippen LogP contribution in [0.15, 0.2) is 72.9 Å². The summed E-state index contributed by atoms with van der Waals surface area (Å²) in [4.78, 5) is 30.8. The summed E-state index contributed by atoms with van der Waals surface area (Å²) in [6.45, 7) is 3.61. The van der Waals surface area contributed by atoms with Crippen LogP contribution in [0.1, 0.15) is 33.2 Å². The Bertz CT molecular complexity index is 972. The molecular formula is C23H23N3O3. The summed E-state index contributed by atoms with van der Waals surface area (Å²) >= 11 is 0. The number of ether oxygens (including phenoxy) is 1. The fraction of sp³-hybridized carbons (Fsp3) is 0.174. The van der Waals surface area contributed by atoms with Gasteiger partial charge in [-0.15, -0.1) is 0 Å². The van der Waals surface area contributed by atoms with Gasteiger partial charge in [-0.2, -0.15) is 0 Å². The molecule has 6 heteroatoms. The molecular weight excluding hydrogens is 366 g/mol. The smallest absolute Gasteiger partial charge is 0.337 e. The van der Waals surface area contributed by atoms with Crippen LogP contribution < -0.4 is 10.2 Å². The van der Waals surface area contributed by atoms with E-state index in [0.717, 1.165) is 18.9 Å². The summed E-state index contributed by atoms with van der Waals surface area (Å²) < 4.78 is 4.70. The normalized spacial score (nSPS) is 10.3. The second-order valence-electron chi connectivity index (χ2n) is 6.43. The number of hydrogen-bond donors (Lipinski definition) is 1. The van der Waals surface area contributed by atoms with E-state index in [0.29, 0.717) is 16.8 Å². The number of esters is 1. The molecule has 1 heterocycles. The van der Waals surface area contributed by atoms with Crippen LogP contribution in [0.5, 0.6) is 0 Å². The first-order valence-corrected chi connectivity index (χ1v) is 9.35. The summed E-state index contributed by atoms with van der Waals surface area (Å²) in [5.41, 5.74) is 2.52. The Labute approximate surface area is 170 Å². The molecule has 0 saturated heterocycles. The van der Waals surface area contributed by atoms with Crippen LogP contribution in [-0.4, -0.2) is 30.5 Å². The number of aromatic nitrogens is 1. The van der Waals surface area contributed by atoms with Crippen molar-refractivity contribution in [1.29, 1.82) is 0 Å². The molecule has 0 aliphatic heterocycles. The first kappa shape index (κ1) is 20.1. The van der Waals surface area contributed by atoms with Crippen molar-refractivity contribution in [3.8, 4) is 0 Å². The van der Waals surface area contributed by atoms with Crippen molar-refractivity contribution in [3.63, 3.8) is 0 Å². The zero-order valence-corrected chi connectivity index (χ0v) is 16.5. The molecule has 0 saturated carbocycles. The lowest BCUT2D eigenvalue weighted by Gasteiger charge is -2.22. The van der Waals surface area contributed by atoms with Gasteiger partial charge in [-0.05, 0) is 42.8 Å². The van der Waals surface area contributed by atoms with Gasteiger partial charge in [0.15, 0.2) is 0 Å². The van der Waals surface area contributed by atoms with Crippen LogP contribution in [0, 0.1) is 0 Å². The zero-order chi connectivity index (χ0) is 20.6. The molecule has 0 spiro atoms. The lowest BCUT2D eigenvalue weighted by atomic mass is 10.2. The molecule has 0 radical (unpaired) electrons. The number of carbonyl (C=O) groups excluding carboxylic acids is 2. The highest BCUT2D eigenvalue weighted by molar-refractivity contribution is 6.04. The summed E-state index contributed by atoms with van der Waals surface area (Å²) in [7, 11) is 1.32. The highest BCUT2D eigenvalue weighted by Gasteiger charge is 2.12. The fourth-order valence-electron chi connectivity index (χ4n) is 2.91. The molecule has 0 aliphatic carbocycles. The Hall–Kier alpha value is -3.67. The molecule has 29 heavy (non-hydrogen) atoms.